The predicted molar refractivity (Wildman–Crippen MR) is 53.8 cm³/mol. The SMILES string of the molecule is Cc1cc(C(F)(F)F)c(C(F)(F)F)cc1CBr. The molecule has 0 N–H and O–H groups in total. The van der Waals surface area contributed by atoms with E-state index in [2.05, 4.69) is 15.9 Å². The van der Waals surface area contributed by atoms with Gasteiger partial charge in [-0.3, -0.25) is 0 Å². The largest absolute Gasteiger partial charge is 0.417 e. The summed E-state index contributed by atoms with van der Waals surface area (Å²) in [6, 6.07) is 1.06. The molecule has 0 aliphatic rings. The molecule has 0 aliphatic carbocycles. The van der Waals surface area contributed by atoms with Crippen molar-refractivity contribution in [3.8, 4) is 0 Å². The number of hydrogen-bond donors (Lipinski definition) is 0. The summed E-state index contributed by atoms with van der Waals surface area (Å²) in [6.07, 6.45) is -10.0. The third-order valence-corrected chi connectivity index (χ3v) is 2.83. The molecule has 1 aromatic rings. The van der Waals surface area contributed by atoms with Crippen LogP contribution in [0.3, 0.4) is 0 Å². The number of benzene rings is 1. The molecule has 0 saturated carbocycles. The van der Waals surface area contributed by atoms with E-state index in [0.29, 0.717) is 12.1 Å². The molecular weight excluding hydrogens is 314 g/mol. The van der Waals surface area contributed by atoms with Crippen LogP contribution in [0.2, 0.25) is 0 Å². The summed E-state index contributed by atoms with van der Waals surface area (Å²) in [7, 11) is 0. The van der Waals surface area contributed by atoms with Gasteiger partial charge in [0.1, 0.15) is 0 Å². The number of hydrogen-bond acceptors (Lipinski definition) is 0. The minimum atomic E-state index is -5.02. The molecule has 0 amide bonds. The van der Waals surface area contributed by atoms with Crippen LogP contribution >= 0.6 is 15.9 Å². The first-order chi connectivity index (χ1) is 7.57. The van der Waals surface area contributed by atoms with Crippen LogP contribution in [0, 0.1) is 6.92 Å². The average Bonchev–Trinajstić information content (AvgIpc) is 2.14. The minimum absolute atomic E-state index is 0.0695. The second kappa shape index (κ2) is 4.51. The van der Waals surface area contributed by atoms with Gasteiger partial charge in [0.2, 0.25) is 0 Å². The van der Waals surface area contributed by atoms with Crippen molar-refractivity contribution in [1.29, 1.82) is 0 Å². The van der Waals surface area contributed by atoms with E-state index in [1.807, 2.05) is 0 Å². The fourth-order valence-corrected chi connectivity index (χ4v) is 1.97. The zero-order valence-electron chi connectivity index (χ0n) is 8.51. The van der Waals surface area contributed by atoms with Crippen LogP contribution in [-0.2, 0) is 17.7 Å². The van der Waals surface area contributed by atoms with Crippen LogP contribution in [0.25, 0.3) is 0 Å². The zero-order chi connectivity index (χ0) is 13.4. The van der Waals surface area contributed by atoms with Gasteiger partial charge >= 0.3 is 12.4 Å². The highest BCUT2D eigenvalue weighted by molar-refractivity contribution is 9.08. The fraction of sp³-hybridized carbons (Fsp3) is 0.400. The highest BCUT2D eigenvalue weighted by Gasteiger charge is 2.43. The Labute approximate surface area is 102 Å². The molecule has 1 rings (SSSR count). The second-order valence-corrected chi connectivity index (χ2v) is 4.01. The second-order valence-electron chi connectivity index (χ2n) is 3.45. The van der Waals surface area contributed by atoms with Crippen molar-refractivity contribution in [2.45, 2.75) is 24.6 Å². The Morgan fingerprint density at radius 1 is 0.941 bits per heavy atom. The smallest absolute Gasteiger partial charge is 0.166 e. The van der Waals surface area contributed by atoms with Crippen molar-refractivity contribution in [2.24, 2.45) is 0 Å². The number of rotatable bonds is 1. The molecule has 0 aliphatic heterocycles. The van der Waals surface area contributed by atoms with Crippen LogP contribution in [0.15, 0.2) is 12.1 Å². The van der Waals surface area contributed by atoms with Crippen molar-refractivity contribution < 1.29 is 26.3 Å². The van der Waals surface area contributed by atoms with Crippen molar-refractivity contribution in [3.05, 3.63) is 34.4 Å². The Bertz CT molecular complexity index is 418. The van der Waals surface area contributed by atoms with Gasteiger partial charge in [0.05, 0.1) is 11.1 Å². The first kappa shape index (κ1) is 14.3. The maximum absolute atomic E-state index is 12.5. The molecule has 7 heteroatoms. The maximum Gasteiger partial charge on any atom is 0.417 e. The average molecular weight is 321 g/mol. The van der Waals surface area contributed by atoms with Gasteiger partial charge in [0.15, 0.2) is 0 Å². The highest BCUT2D eigenvalue weighted by atomic mass is 79.9. The van der Waals surface area contributed by atoms with Crippen LogP contribution < -0.4 is 0 Å². The van der Waals surface area contributed by atoms with Gasteiger partial charge in [-0.25, -0.2) is 0 Å². The Morgan fingerprint density at radius 3 is 1.71 bits per heavy atom. The van der Waals surface area contributed by atoms with Crippen molar-refractivity contribution >= 4 is 15.9 Å². The van der Waals surface area contributed by atoms with Crippen LogP contribution in [-0.4, -0.2) is 0 Å². The van der Waals surface area contributed by atoms with Crippen molar-refractivity contribution in [2.75, 3.05) is 0 Å². The molecule has 0 bridgehead atoms. The van der Waals surface area contributed by atoms with E-state index in [9.17, 15) is 26.3 Å². The number of alkyl halides is 7. The van der Waals surface area contributed by atoms with E-state index in [1.54, 1.807) is 0 Å². The first-order valence-electron chi connectivity index (χ1n) is 4.41. The lowest BCUT2D eigenvalue weighted by Crippen LogP contribution is -2.17. The molecule has 0 heterocycles. The van der Waals surface area contributed by atoms with E-state index < -0.39 is 23.5 Å². The van der Waals surface area contributed by atoms with Gasteiger partial charge in [-0.05, 0) is 30.2 Å². The monoisotopic (exact) mass is 320 g/mol. The summed E-state index contributed by atoms with van der Waals surface area (Å²) >= 11 is 2.94. The summed E-state index contributed by atoms with van der Waals surface area (Å²) < 4.78 is 75.0. The van der Waals surface area contributed by atoms with E-state index in [0.717, 1.165) is 0 Å². The van der Waals surface area contributed by atoms with E-state index in [1.165, 1.54) is 6.92 Å². The number of halogens is 7. The summed E-state index contributed by atoms with van der Waals surface area (Å²) in [5.74, 6) is 0. The maximum atomic E-state index is 12.5. The fourth-order valence-electron chi connectivity index (χ4n) is 1.37. The molecule has 0 spiro atoms. The normalized spacial score (nSPS) is 12.9. The lowest BCUT2D eigenvalue weighted by atomic mass is 9.99. The Balaban J connectivity index is 3.54. The Morgan fingerprint density at radius 2 is 1.35 bits per heavy atom. The minimum Gasteiger partial charge on any atom is -0.166 e. The predicted octanol–water partition coefficient (Wildman–Crippen LogP) is 4.93. The van der Waals surface area contributed by atoms with Crippen LogP contribution in [0.1, 0.15) is 22.3 Å². The molecule has 0 radical (unpaired) electrons. The number of aryl methyl sites for hydroxylation is 1. The highest BCUT2D eigenvalue weighted by Crippen LogP contribution is 2.41. The molecule has 0 atom stereocenters. The molecule has 17 heavy (non-hydrogen) atoms. The lowest BCUT2D eigenvalue weighted by Gasteiger charge is -2.17. The molecular formula is C10H7BrF6. The molecule has 0 nitrogen and oxygen atoms in total. The standard InChI is InChI=1S/C10H7BrF6/c1-5-2-7(9(12,13)14)8(10(15,16)17)3-6(5)4-11/h2-3H,4H2,1H3. The molecule has 1 aromatic carbocycles. The molecule has 0 aromatic heterocycles. The van der Waals surface area contributed by atoms with Gasteiger partial charge in [-0.15, -0.1) is 0 Å². The van der Waals surface area contributed by atoms with Gasteiger partial charge in [0, 0.05) is 5.33 Å². The molecule has 0 saturated heterocycles. The Hall–Kier alpha value is -0.720. The molecule has 0 unspecified atom stereocenters. The molecule has 0 fully saturated rings. The quantitative estimate of drug-likeness (QED) is 0.508. The first-order valence-corrected chi connectivity index (χ1v) is 5.53. The van der Waals surface area contributed by atoms with Gasteiger partial charge in [-0.1, -0.05) is 15.9 Å². The van der Waals surface area contributed by atoms with Gasteiger partial charge in [-0.2, -0.15) is 26.3 Å². The van der Waals surface area contributed by atoms with Crippen molar-refractivity contribution in [1.82, 2.24) is 0 Å². The van der Waals surface area contributed by atoms with E-state index in [-0.39, 0.29) is 16.5 Å². The van der Waals surface area contributed by atoms with Crippen LogP contribution in [0.4, 0.5) is 26.3 Å². The summed E-state index contributed by atoms with van der Waals surface area (Å²) in [6.45, 7) is 1.34. The Kier molecular flexibility index (Phi) is 3.81. The lowest BCUT2D eigenvalue weighted by molar-refractivity contribution is -0.162. The van der Waals surface area contributed by atoms with Crippen LogP contribution in [0.5, 0.6) is 0 Å². The van der Waals surface area contributed by atoms with E-state index >= 15 is 0 Å². The third-order valence-electron chi connectivity index (χ3n) is 2.23. The van der Waals surface area contributed by atoms with Gasteiger partial charge < -0.3 is 0 Å². The summed E-state index contributed by atoms with van der Waals surface area (Å²) in [5.41, 5.74) is -2.94. The molecule has 96 valence electrons. The summed E-state index contributed by atoms with van der Waals surface area (Å²) in [4.78, 5) is 0. The summed E-state index contributed by atoms with van der Waals surface area (Å²) in [5, 5.41) is 0.0695. The van der Waals surface area contributed by atoms with Gasteiger partial charge in [0.25, 0.3) is 0 Å². The third kappa shape index (κ3) is 3.14. The zero-order valence-corrected chi connectivity index (χ0v) is 10.1. The van der Waals surface area contributed by atoms with E-state index in [4.69, 9.17) is 0 Å². The van der Waals surface area contributed by atoms with Crippen molar-refractivity contribution in [3.63, 3.8) is 0 Å². The topological polar surface area (TPSA) is 0 Å².